The highest BCUT2D eigenvalue weighted by Crippen LogP contribution is 2.23. The molecule has 1 aliphatic rings. The first-order valence-corrected chi connectivity index (χ1v) is 7.15. The van der Waals surface area contributed by atoms with Crippen molar-refractivity contribution in [3.8, 4) is 0 Å². The van der Waals surface area contributed by atoms with Gasteiger partial charge in [-0.25, -0.2) is 4.39 Å². The third kappa shape index (κ3) is 3.55. The number of benzene rings is 1. The summed E-state index contributed by atoms with van der Waals surface area (Å²) in [7, 11) is 0. The zero-order chi connectivity index (χ0) is 13.0. The van der Waals surface area contributed by atoms with E-state index in [-0.39, 0.29) is 5.82 Å². The molecule has 18 heavy (non-hydrogen) atoms. The quantitative estimate of drug-likeness (QED) is 0.792. The van der Waals surface area contributed by atoms with Gasteiger partial charge in [0.25, 0.3) is 0 Å². The van der Waals surface area contributed by atoms with Crippen molar-refractivity contribution in [2.24, 2.45) is 5.92 Å². The molecule has 1 aromatic rings. The fourth-order valence-electron chi connectivity index (χ4n) is 2.79. The van der Waals surface area contributed by atoms with Crippen LogP contribution in [0.1, 0.15) is 50.2 Å². The van der Waals surface area contributed by atoms with E-state index < -0.39 is 0 Å². The van der Waals surface area contributed by atoms with Crippen LogP contribution in [-0.2, 0) is 6.54 Å². The van der Waals surface area contributed by atoms with Gasteiger partial charge in [0.2, 0.25) is 0 Å². The van der Waals surface area contributed by atoms with Crippen molar-refractivity contribution in [3.05, 3.63) is 35.1 Å². The van der Waals surface area contributed by atoms with Gasteiger partial charge < -0.3 is 5.32 Å². The molecule has 1 N–H and O–H groups in total. The molecule has 0 aliphatic heterocycles. The van der Waals surface area contributed by atoms with E-state index in [1.165, 1.54) is 32.1 Å². The van der Waals surface area contributed by atoms with Gasteiger partial charge >= 0.3 is 0 Å². The predicted octanol–water partition coefficient (Wildman–Crippen LogP) is 4.19. The minimum atomic E-state index is -0.0942. The molecule has 1 fully saturated rings. The van der Waals surface area contributed by atoms with Crippen LogP contribution < -0.4 is 5.32 Å². The summed E-state index contributed by atoms with van der Waals surface area (Å²) in [5.41, 5.74) is 1.77. The van der Waals surface area contributed by atoms with Gasteiger partial charge in [-0.15, -0.1) is 0 Å². The number of nitrogens with one attached hydrogen (secondary N) is 1. The van der Waals surface area contributed by atoms with E-state index in [0.717, 1.165) is 23.6 Å². The Labute approximate surface area is 110 Å². The molecule has 0 bridgehead atoms. The second-order valence-corrected chi connectivity index (χ2v) is 5.69. The van der Waals surface area contributed by atoms with Crippen molar-refractivity contribution in [2.75, 3.05) is 0 Å². The average Bonchev–Trinajstić information content (AvgIpc) is 2.56. The number of rotatable bonds is 3. The molecule has 1 aromatic carbocycles. The molecule has 0 aromatic heterocycles. The summed E-state index contributed by atoms with van der Waals surface area (Å²) in [6.45, 7) is 4.92. The Kier molecular flexibility index (Phi) is 4.76. The zero-order valence-electron chi connectivity index (χ0n) is 11.5. The van der Waals surface area contributed by atoms with Gasteiger partial charge in [-0.3, -0.25) is 0 Å². The minimum Gasteiger partial charge on any atom is -0.310 e. The summed E-state index contributed by atoms with van der Waals surface area (Å²) in [5, 5.41) is 3.61. The van der Waals surface area contributed by atoms with Crippen molar-refractivity contribution in [2.45, 2.75) is 58.5 Å². The highest BCUT2D eigenvalue weighted by Gasteiger charge is 2.19. The van der Waals surface area contributed by atoms with E-state index in [2.05, 4.69) is 12.2 Å². The Morgan fingerprint density at radius 3 is 2.78 bits per heavy atom. The lowest BCUT2D eigenvalue weighted by molar-refractivity contribution is 0.356. The third-order valence-electron chi connectivity index (χ3n) is 4.17. The molecule has 0 saturated heterocycles. The van der Waals surface area contributed by atoms with E-state index in [4.69, 9.17) is 0 Å². The van der Waals surface area contributed by atoms with Crippen LogP contribution in [0.15, 0.2) is 18.2 Å². The number of hydrogen-bond acceptors (Lipinski definition) is 1. The molecule has 2 unspecified atom stereocenters. The average molecular weight is 249 g/mol. The fourth-order valence-corrected chi connectivity index (χ4v) is 2.79. The number of aryl methyl sites for hydroxylation is 1. The number of hydrogen-bond donors (Lipinski definition) is 1. The first-order valence-electron chi connectivity index (χ1n) is 7.15. The van der Waals surface area contributed by atoms with Crippen molar-refractivity contribution in [1.82, 2.24) is 5.32 Å². The van der Waals surface area contributed by atoms with Crippen LogP contribution >= 0.6 is 0 Å². The van der Waals surface area contributed by atoms with Crippen LogP contribution in [0.4, 0.5) is 4.39 Å². The molecule has 100 valence electrons. The van der Waals surface area contributed by atoms with Crippen LogP contribution in [0.2, 0.25) is 0 Å². The van der Waals surface area contributed by atoms with Gasteiger partial charge in [-0.2, -0.15) is 0 Å². The van der Waals surface area contributed by atoms with Crippen molar-refractivity contribution in [3.63, 3.8) is 0 Å². The Morgan fingerprint density at radius 1 is 1.22 bits per heavy atom. The molecule has 1 aliphatic carbocycles. The number of halogens is 1. The van der Waals surface area contributed by atoms with Gasteiger partial charge in [-0.05, 0) is 42.9 Å². The maximum absolute atomic E-state index is 13.5. The predicted molar refractivity (Wildman–Crippen MR) is 74.0 cm³/mol. The molecule has 0 heterocycles. The molecule has 2 rings (SSSR count). The fraction of sp³-hybridized carbons (Fsp3) is 0.625. The van der Waals surface area contributed by atoms with Crippen molar-refractivity contribution in [1.29, 1.82) is 0 Å². The normalized spacial score (nSPS) is 24.8. The van der Waals surface area contributed by atoms with E-state index >= 15 is 0 Å². The van der Waals surface area contributed by atoms with Crippen molar-refractivity contribution >= 4 is 0 Å². The minimum absolute atomic E-state index is 0.0942. The second-order valence-electron chi connectivity index (χ2n) is 5.69. The summed E-state index contributed by atoms with van der Waals surface area (Å²) >= 11 is 0. The summed E-state index contributed by atoms with van der Waals surface area (Å²) in [5.74, 6) is 0.644. The van der Waals surface area contributed by atoms with E-state index in [0.29, 0.717) is 6.04 Å². The Bertz CT molecular complexity index is 389. The van der Waals surface area contributed by atoms with Crippen LogP contribution in [0.5, 0.6) is 0 Å². The largest absolute Gasteiger partial charge is 0.310 e. The smallest absolute Gasteiger partial charge is 0.126 e. The lowest BCUT2D eigenvalue weighted by Crippen LogP contribution is -2.33. The highest BCUT2D eigenvalue weighted by atomic mass is 19.1. The first kappa shape index (κ1) is 13.5. The molecule has 0 spiro atoms. The first-order chi connectivity index (χ1) is 8.66. The van der Waals surface area contributed by atoms with Gasteiger partial charge in [0.1, 0.15) is 5.82 Å². The second kappa shape index (κ2) is 6.33. The summed E-state index contributed by atoms with van der Waals surface area (Å²) < 4.78 is 13.5. The highest BCUT2D eigenvalue weighted by molar-refractivity contribution is 5.23. The van der Waals surface area contributed by atoms with Crippen LogP contribution in [-0.4, -0.2) is 6.04 Å². The lowest BCUT2D eigenvalue weighted by Gasteiger charge is -2.23. The third-order valence-corrected chi connectivity index (χ3v) is 4.17. The van der Waals surface area contributed by atoms with Crippen LogP contribution in [0.25, 0.3) is 0 Å². The molecule has 1 nitrogen and oxygen atoms in total. The van der Waals surface area contributed by atoms with Gasteiger partial charge in [0.05, 0.1) is 0 Å². The Hall–Kier alpha value is -0.890. The lowest BCUT2D eigenvalue weighted by atomic mass is 9.96. The standard InChI is InChI=1S/C16H24FN/c1-12-8-9-14(10-15(12)17)11-18-16-7-5-3-4-6-13(16)2/h8-10,13,16,18H,3-7,11H2,1-2H3. The Morgan fingerprint density at radius 2 is 2.00 bits per heavy atom. The maximum Gasteiger partial charge on any atom is 0.126 e. The molecule has 0 radical (unpaired) electrons. The molecule has 2 heteroatoms. The van der Waals surface area contributed by atoms with Gasteiger partial charge in [-0.1, -0.05) is 38.3 Å². The van der Waals surface area contributed by atoms with E-state index in [9.17, 15) is 4.39 Å². The monoisotopic (exact) mass is 249 g/mol. The van der Waals surface area contributed by atoms with E-state index in [1.807, 2.05) is 12.1 Å². The van der Waals surface area contributed by atoms with Gasteiger partial charge in [0, 0.05) is 12.6 Å². The molecular formula is C16H24FN. The summed E-state index contributed by atoms with van der Waals surface area (Å²) in [6.07, 6.45) is 6.62. The molecular weight excluding hydrogens is 225 g/mol. The molecule has 0 amide bonds. The van der Waals surface area contributed by atoms with Crippen LogP contribution in [0.3, 0.4) is 0 Å². The van der Waals surface area contributed by atoms with Crippen LogP contribution in [0, 0.1) is 18.7 Å². The zero-order valence-corrected chi connectivity index (χ0v) is 11.5. The summed E-state index contributed by atoms with van der Waals surface area (Å²) in [4.78, 5) is 0. The SMILES string of the molecule is Cc1ccc(CNC2CCCCCC2C)cc1F. The molecule has 2 atom stereocenters. The van der Waals surface area contributed by atoms with Gasteiger partial charge in [0.15, 0.2) is 0 Å². The van der Waals surface area contributed by atoms with E-state index in [1.54, 1.807) is 13.0 Å². The summed E-state index contributed by atoms with van der Waals surface area (Å²) in [6, 6.07) is 6.14. The van der Waals surface area contributed by atoms with Crippen molar-refractivity contribution < 1.29 is 4.39 Å². The topological polar surface area (TPSA) is 12.0 Å². The maximum atomic E-state index is 13.5. The molecule has 1 saturated carbocycles. The Balaban J connectivity index is 1.91.